The molecule has 0 amide bonds. The Morgan fingerprint density at radius 1 is 1.67 bits per heavy atom. The first-order valence-electron chi connectivity index (χ1n) is 5.13. The number of methoxy groups -OCH3 is 1. The van der Waals surface area contributed by atoms with Crippen molar-refractivity contribution in [2.24, 2.45) is 0 Å². The van der Waals surface area contributed by atoms with E-state index in [1.54, 1.807) is 14.0 Å². The van der Waals surface area contributed by atoms with Gasteiger partial charge in [-0.05, 0) is 25.0 Å². The largest absolute Gasteiger partial charge is 0.499 e. The molecule has 3 nitrogen and oxygen atoms in total. The molecule has 1 rings (SSSR count). The van der Waals surface area contributed by atoms with Crippen LogP contribution in [0.5, 0.6) is 0 Å². The van der Waals surface area contributed by atoms with E-state index in [0.29, 0.717) is 6.42 Å². The van der Waals surface area contributed by atoms with E-state index in [9.17, 15) is 0 Å². The lowest BCUT2D eigenvalue weighted by molar-refractivity contribution is 0.198. The first-order chi connectivity index (χ1) is 7.11. The van der Waals surface area contributed by atoms with Crippen LogP contribution in [0.15, 0.2) is 35.8 Å². The Labute approximate surface area is 91.3 Å². The molecule has 0 radical (unpaired) electrons. The third-order valence-electron chi connectivity index (χ3n) is 2.15. The van der Waals surface area contributed by atoms with Gasteiger partial charge in [0.25, 0.3) is 0 Å². The van der Waals surface area contributed by atoms with Crippen LogP contribution in [0, 0.1) is 0 Å². The van der Waals surface area contributed by atoms with E-state index in [1.807, 2.05) is 25.3 Å². The fourth-order valence-corrected chi connectivity index (χ4v) is 1.43. The van der Waals surface area contributed by atoms with Crippen molar-refractivity contribution in [3.63, 3.8) is 0 Å². The average molecular weight is 209 g/mol. The van der Waals surface area contributed by atoms with Gasteiger partial charge >= 0.3 is 0 Å². The summed E-state index contributed by atoms with van der Waals surface area (Å²) in [5, 5.41) is 9.11. The molecular weight excluding hydrogens is 190 g/mol. The second-order valence-electron chi connectivity index (χ2n) is 3.85. The van der Waals surface area contributed by atoms with E-state index in [2.05, 4.69) is 11.1 Å². The molecule has 1 heterocycles. The number of aliphatic hydroxyl groups excluding tert-OH is 1. The highest BCUT2D eigenvalue weighted by Gasteiger charge is 2.06. The molecular formula is C12H19NO2. The first kappa shape index (κ1) is 11.9. The van der Waals surface area contributed by atoms with Gasteiger partial charge < -0.3 is 14.7 Å². The molecule has 0 fully saturated rings. The molecule has 0 spiro atoms. The quantitative estimate of drug-likeness (QED) is 0.764. The van der Waals surface area contributed by atoms with E-state index in [1.165, 1.54) is 0 Å². The van der Waals surface area contributed by atoms with Crippen molar-refractivity contribution >= 4 is 0 Å². The maximum absolute atomic E-state index is 9.11. The molecule has 0 saturated carbocycles. The number of hydrogen-bond donors (Lipinski definition) is 1. The summed E-state index contributed by atoms with van der Waals surface area (Å²) in [6, 6.07) is 0. The van der Waals surface area contributed by atoms with Crippen molar-refractivity contribution in [2.45, 2.75) is 19.4 Å². The van der Waals surface area contributed by atoms with Crippen molar-refractivity contribution < 1.29 is 9.84 Å². The van der Waals surface area contributed by atoms with Crippen molar-refractivity contribution in [3.05, 3.63) is 35.8 Å². The summed E-state index contributed by atoms with van der Waals surface area (Å²) in [4.78, 5) is 2.07. The zero-order valence-corrected chi connectivity index (χ0v) is 9.60. The molecule has 0 aliphatic carbocycles. The number of rotatable bonds is 4. The predicted molar refractivity (Wildman–Crippen MR) is 61.2 cm³/mol. The predicted octanol–water partition coefficient (Wildman–Crippen LogP) is 1.67. The van der Waals surface area contributed by atoms with Gasteiger partial charge in [0, 0.05) is 13.2 Å². The zero-order valence-electron chi connectivity index (χ0n) is 9.60. The smallest absolute Gasteiger partial charge is 0.115 e. The van der Waals surface area contributed by atoms with Gasteiger partial charge in [-0.15, -0.1) is 0 Å². The van der Waals surface area contributed by atoms with Gasteiger partial charge in [0.1, 0.15) is 5.76 Å². The molecule has 84 valence electrons. The van der Waals surface area contributed by atoms with Crippen LogP contribution >= 0.6 is 0 Å². The van der Waals surface area contributed by atoms with E-state index >= 15 is 0 Å². The van der Waals surface area contributed by atoms with Crippen molar-refractivity contribution in [3.8, 4) is 0 Å². The molecule has 0 saturated heterocycles. The molecule has 1 aliphatic rings. The number of ether oxygens (including phenoxy) is 1. The normalized spacial score (nSPS) is 18.8. The van der Waals surface area contributed by atoms with Gasteiger partial charge in [-0.1, -0.05) is 12.2 Å². The Morgan fingerprint density at radius 3 is 3.00 bits per heavy atom. The van der Waals surface area contributed by atoms with E-state index in [0.717, 1.165) is 17.9 Å². The highest BCUT2D eigenvalue weighted by atomic mass is 16.5. The number of nitrogens with zero attached hydrogens (tertiary/aromatic N) is 1. The molecule has 0 aromatic rings. The van der Waals surface area contributed by atoms with E-state index in [-0.39, 0.29) is 6.10 Å². The van der Waals surface area contributed by atoms with Crippen LogP contribution in [0.2, 0.25) is 0 Å². The van der Waals surface area contributed by atoms with Gasteiger partial charge in [-0.3, -0.25) is 0 Å². The molecule has 1 unspecified atom stereocenters. The Hall–Kier alpha value is -1.22. The molecule has 0 aromatic carbocycles. The van der Waals surface area contributed by atoms with E-state index < -0.39 is 0 Å². The summed E-state index contributed by atoms with van der Waals surface area (Å²) in [7, 11) is 3.69. The summed E-state index contributed by atoms with van der Waals surface area (Å²) in [5.41, 5.74) is 1.10. The number of allylic oxidation sites excluding steroid dienone is 3. The van der Waals surface area contributed by atoms with Crippen LogP contribution in [-0.4, -0.2) is 36.8 Å². The lowest BCUT2D eigenvalue weighted by atomic mass is 10.1. The van der Waals surface area contributed by atoms with Gasteiger partial charge in [-0.25, -0.2) is 0 Å². The van der Waals surface area contributed by atoms with Crippen LogP contribution in [0.3, 0.4) is 0 Å². The fourth-order valence-electron chi connectivity index (χ4n) is 1.43. The second kappa shape index (κ2) is 5.61. The first-order valence-corrected chi connectivity index (χ1v) is 5.13. The second-order valence-corrected chi connectivity index (χ2v) is 3.85. The van der Waals surface area contributed by atoms with Gasteiger partial charge in [0.15, 0.2) is 0 Å². The van der Waals surface area contributed by atoms with Gasteiger partial charge in [0.05, 0.1) is 19.8 Å². The fraction of sp³-hybridized carbons (Fsp3) is 0.500. The average Bonchev–Trinajstić information content (AvgIpc) is 2.16. The van der Waals surface area contributed by atoms with Crippen LogP contribution in [0.1, 0.15) is 13.3 Å². The highest BCUT2D eigenvalue weighted by Crippen LogP contribution is 2.14. The van der Waals surface area contributed by atoms with Crippen LogP contribution in [0.25, 0.3) is 0 Å². The monoisotopic (exact) mass is 209 g/mol. The summed E-state index contributed by atoms with van der Waals surface area (Å²) < 4.78 is 5.21. The van der Waals surface area contributed by atoms with Crippen molar-refractivity contribution in [1.29, 1.82) is 0 Å². The minimum Gasteiger partial charge on any atom is -0.499 e. The van der Waals surface area contributed by atoms with Crippen LogP contribution in [-0.2, 0) is 4.74 Å². The summed E-state index contributed by atoms with van der Waals surface area (Å²) in [6.07, 6.45) is 8.44. The molecule has 3 heteroatoms. The molecule has 0 bridgehead atoms. The molecule has 1 aliphatic heterocycles. The summed E-state index contributed by atoms with van der Waals surface area (Å²) >= 11 is 0. The Kier molecular flexibility index (Phi) is 4.43. The summed E-state index contributed by atoms with van der Waals surface area (Å²) in [6.45, 7) is 2.59. The van der Waals surface area contributed by atoms with Gasteiger partial charge in [0.2, 0.25) is 0 Å². The lowest BCUT2D eigenvalue weighted by Gasteiger charge is -2.21. The molecule has 0 aromatic heterocycles. The van der Waals surface area contributed by atoms with Gasteiger partial charge in [-0.2, -0.15) is 0 Å². The highest BCUT2D eigenvalue weighted by molar-refractivity contribution is 5.34. The van der Waals surface area contributed by atoms with Crippen molar-refractivity contribution in [1.82, 2.24) is 4.90 Å². The third kappa shape index (κ3) is 4.21. The minimum atomic E-state index is -0.283. The van der Waals surface area contributed by atoms with E-state index in [4.69, 9.17) is 9.84 Å². The third-order valence-corrected chi connectivity index (χ3v) is 2.15. The minimum absolute atomic E-state index is 0.283. The standard InChI is InChI=1S/C12H19NO2/c1-10(14)5-4-6-11-7-12(15-3)9-13(2)8-11/h4,6-8,10,14H,5,9H2,1-3H3/b6-4+. The van der Waals surface area contributed by atoms with Crippen LogP contribution in [0.4, 0.5) is 0 Å². The number of aliphatic hydroxyl groups is 1. The van der Waals surface area contributed by atoms with Crippen molar-refractivity contribution in [2.75, 3.05) is 20.7 Å². The SMILES string of the molecule is COC1=CC(/C=C/CC(C)O)=CN(C)C1. The number of likely N-dealkylation sites (N-methyl/N-ethyl adjacent to an activating group) is 1. The Bertz CT molecular complexity index is 290. The van der Waals surface area contributed by atoms with Crippen LogP contribution < -0.4 is 0 Å². The number of hydrogen-bond acceptors (Lipinski definition) is 3. The maximum Gasteiger partial charge on any atom is 0.115 e. The zero-order chi connectivity index (χ0) is 11.3. The topological polar surface area (TPSA) is 32.7 Å². The Balaban J connectivity index is 2.60. The lowest BCUT2D eigenvalue weighted by Crippen LogP contribution is -2.19. The molecule has 1 atom stereocenters. The maximum atomic E-state index is 9.11. The molecule has 15 heavy (non-hydrogen) atoms. The summed E-state index contributed by atoms with van der Waals surface area (Å²) in [5.74, 6) is 0.955. The Morgan fingerprint density at radius 2 is 2.40 bits per heavy atom. The molecule has 1 N–H and O–H groups in total.